The van der Waals surface area contributed by atoms with Gasteiger partial charge in [0, 0.05) is 18.4 Å². The molecule has 0 radical (unpaired) electrons. The van der Waals surface area contributed by atoms with Crippen molar-refractivity contribution >= 4 is 27.4 Å². The molecular formula is C12H16BrN5O. The van der Waals surface area contributed by atoms with Crippen LogP contribution in [-0.2, 0) is 0 Å². The van der Waals surface area contributed by atoms with Gasteiger partial charge in [-0.1, -0.05) is 15.9 Å². The Labute approximate surface area is 118 Å². The molecule has 7 heteroatoms. The molecule has 102 valence electrons. The summed E-state index contributed by atoms with van der Waals surface area (Å²) >= 11 is 3.51. The van der Waals surface area contributed by atoms with Gasteiger partial charge in [0.05, 0.1) is 0 Å². The molecule has 0 aliphatic carbocycles. The maximum Gasteiger partial charge on any atom is 0.364 e. The molecule has 0 bridgehead atoms. The maximum atomic E-state index is 11.5. The van der Waals surface area contributed by atoms with E-state index in [9.17, 15) is 4.79 Å². The maximum absolute atomic E-state index is 11.5. The first kappa shape index (κ1) is 12.7. The fourth-order valence-corrected chi connectivity index (χ4v) is 3.27. The van der Waals surface area contributed by atoms with Gasteiger partial charge < -0.3 is 4.90 Å². The quantitative estimate of drug-likeness (QED) is 0.867. The van der Waals surface area contributed by atoms with Crippen LogP contribution < -0.4 is 10.6 Å². The Morgan fingerprint density at radius 2 is 2.37 bits per heavy atom. The highest BCUT2D eigenvalue weighted by Crippen LogP contribution is 2.23. The first-order valence-corrected chi connectivity index (χ1v) is 7.65. The van der Waals surface area contributed by atoms with E-state index >= 15 is 0 Å². The number of fused-ring (bicyclic) bond motifs is 1. The minimum absolute atomic E-state index is 0.286. The van der Waals surface area contributed by atoms with Crippen molar-refractivity contribution in [1.29, 1.82) is 0 Å². The zero-order chi connectivity index (χ0) is 13.2. The number of H-pyrrole nitrogens is 1. The normalized spacial score (nSPS) is 20.1. The number of rotatable bonds is 3. The predicted octanol–water partition coefficient (Wildman–Crippen LogP) is 1.42. The second-order valence-electron chi connectivity index (χ2n) is 4.92. The van der Waals surface area contributed by atoms with Crippen LogP contribution in [0.5, 0.6) is 0 Å². The number of nitrogens with one attached hydrogen (secondary N) is 1. The summed E-state index contributed by atoms with van der Waals surface area (Å²) in [5, 5.41) is 11.7. The van der Waals surface area contributed by atoms with Crippen molar-refractivity contribution in [3.63, 3.8) is 0 Å². The summed E-state index contributed by atoms with van der Waals surface area (Å²) in [5.74, 6) is 1.56. The molecule has 1 unspecified atom stereocenters. The lowest BCUT2D eigenvalue weighted by atomic mass is 9.96. The van der Waals surface area contributed by atoms with Crippen LogP contribution in [0.4, 0.5) is 5.82 Å². The summed E-state index contributed by atoms with van der Waals surface area (Å²) in [6.07, 6.45) is 3.64. The van der Waals surface area contributed by atoms with Crippen LogP contribution in [-0.4, -0.2) is 38.2 Å². The number of hydrogen-bond donors (Lipinski definition) is 1. The van der Waals surface area contributed by atoms with Gasteiger partial charge in [-0.3, -0.25) is 0 Å². The first-order chi connectivity index (χ1) is 9.28. The van der Waals surface area contributed by atoms with E-state index in [2.05, 4.69) is 36.1 Å². The second-order valence-corrected chi connectivity index (χ2v) is 5.72. The van der Waals surface area contributed by atoms with Gasteiger partial charge in [0.2, 0.25) is 0 Å². The number of halogens is 1. The van der Waals surface area contributed by atoms with Crippen LogP contribution in [0, 0.1) is 5.92 Å². The van der Waals surface area contributed by atoms with Gasteiger partial charge >= 0.3 is 5.69 Å². The van der Waals surface area contributed by atoms with E-state index in [1.807, 2.05) is 12.1 Å². The highest BCUT2D eigenvalue weighted by atomic mass is 79.9. The fourth-order valence-electron chi connectivity index (χ4n) is 2.62. The molecule has 6 nitrogen and oxygen atoms in total. The Bertz CT molecular complexity index is 620. The molecule has 1 atom stereocenters. The third-order valence-electron chi connectivity index (χ3n) is 3.62. The number of aromatic amines is 1. The minimum Gasteiger partial charge on any atom is -0.355 e. The van der Waals surface area contributed by atoms with Gasteiger partial charge in [-0.05, 0) is 37.3 Å². The van der Waals surface area contributed by atoms with Gasteiger partial charge in [-0.25, -0.2) is 9.89 Å². The molecule has 1 aliphatic heterocycles. The summed E-state index contributed by atoms with van der Waals surface area (Å²) in [6, 6.07) is 3.76. The van der Waals surface area contributed by atoms with Gasteiger partial charge in [-0.15, -0.1) is 5.10 Å². The Kier molecular flexibility index (Phi) is 3.54. The Morgan fingerprint density at radius 3 is 3.21 bits per heavy atom. The number of piperidine rings is 1. The SMILES string of the molecule is O=c1[nH]nc2ccc(N3CCCC(CCBr)C3)nn12. The van der Waals surface area contributed by atoms with E-state index < -0.39 is 0 Å². The molecule has 2 aromatic heterocycles. The molecule has 0 saturated carbocycles. The molecule has 0 aromatic carbocycles. The summed E-state index contributed by atoms with van der Waals surface area (Å²) < 4.78 is 1.32. The fraction of sp³-hybridized carbons (Fsp3) is 0.583. The van der Waals surface area contributed by atoms with Crippen molar-refractivity contribution in [3.8, 4) is 0 Å². The van der Waals surface area contributed by atoms with E-state index in [-0.39, 0.29) is 5.69 Å². The molecule has 1 aliphatic rings. The van der Waals surface area contributed by atoms with Crippen LogP contribution in [0.2, 0.25) is 0 Å². The topological polar surface area (TPSA) is 66.3 Å². The smallest absolute Gasteiger partial charge is 0.355 e. The molecule has 1 saturated heterocycles. The third kappa shape index (κ3) is 2.51. The van der Waals surface area contributed by atoms with E-state index in [0.29, 0.717) is 11.6 Å². The summed E-state index contributed by atoms with van der Waals surface area (Å²) in [5.41, 5.74) is 0.272. The Hall–Kier alpha value is -1.37. The van der Waals surface area contributed by atoms with Crippen LogP contribution in [0.15, 0.2) is 16.9 Å². The summed E-state index contributed by atoms with van der Waals surface area (Å²) in [6.45, 7) is 2.01. The zero-order valence-electron chi connectivity index (χ0n) is 10.5. The van der Waals surface area contributed by atoms with Crippen molar-refractivity contribution in [2.45, 2.75) is 19.3 Å². The number of alkyl halides is 1. The molecular weight excluding hydrogens is 310 g/mol. The molecule has 1 N–H and O–H groups in total. The molecule has 2 aromatic rings. The predicted molar refractivity (Wildman–Crippen MR) is 77.0 cm³/mol. The van der Waals surface area contributed by atoms with Crippen LogP contribution in [0.25, 0.3) is 5.65 Å². The van der Waals surface area contributed by atoms with Crippen molar-refractivity contribution < 1.29 is 0 Å². The number of nitrogens with zero attached hydrogens (tertiary/aromatic N) is 4. The minimum atomic E-state index is -0.286. The number of anilines is 1. The first-order valence-electron chi connectivity index (χ1n) is 6.53. The summed E-state index contributed by atoms with van der Waals surface area (Å²) in [7, 11) is 0. The lowest BCUT2D eigenvalue weighted by Crippen LogP contribution is -2.36. The Morgan fingerprint density at radius 1 is 1.47 bits per heavy atom. The van der Waals surface area contributed by atoms with Gasteiger partial charge in [0.25, 0.3) is 0 Å². The van der Waals surface area contributed by atoms with Crippen LogP contribution in [0.1, 0.15) is 19.3 Å². The van der Waals surface area contributed by atoms with Gasteiger partial charge in [-0.2, -0.15) is 9.61 Å². The van der Waals surface area contributed by atoms with E-state index in [4.69, 9.17) is 0 Å². The van der Waals surface area contributed by atoms with Gasteiger partial charge in [0.15, 0.2) is 5.65 Å². The highest BCUT2D eigenvalue weighted by molar-refractivity contribution is 9.09. The van der Waals surface area contributed by atoms with Crippen molar-refractivity contribution in [2.75, 3.05) is 23.3 Å². The van der Waals surface area contributed by atoms with Gasteiger partial charge in [0.1, 0.15) is 5.82 Å². The average molecular weight is 326 g/mol. The molecule has 0 spiro atoms. The summed E-state index contributed by atoms with van der Waals surface area (Å²) in [4.78, 5) is 13.8. The molecule has 3 heterocycles. The highest BCUT2D eigenvalue weighted by Gasteiger charge is 2.21. The zero-order valence-corrected chi connectivity index (χ0v) is 12.1. The van der Waals surface area contributed by atoms with Crippen LogP contribution in [0.3, 0.4) is 0 Å². The van der Waals surface area contributed by atoms with Crippen molar-refractivity contribution in [2.24, 2.45) is 5.92 Å². The molecule has 1 fully saturated rings. The van der Waals surface area contributed by atoms with E-state index in [1.54, 1.807) is 0 Å². The van der Waals surface area contributed by atoms with Crippen LogP contribution >= 0.6 is 15.9 Å². The Balaban J connectivity index is 1.86. The molecule has 19 heavy (non-hydrogen) atoms. The van der Waals surface area contributed by atoms with E-state index in [0.717, 1.165) is 24.2 Å². The number of aromatic nitrogens is 4. The largest absolute Gasteiger partial charge is 0.364 e. The van der Waals surface area contributed by atoms with Crippen molar-refractivity contribution in [1.82, 2.24) is 19.8 Å². The average Bonchev–Trinajstić information content (AvgIpc) is 2.81. The lowest BCUT2D eigenvalue weighted by molar-refractivity contribution is 0.405. The third-order valence-corrected chi connectivity index (χ3v) is 4.08. The standard InChI is InChI=1S/C12H16BrN5O/c13-6-5-9-2-1-7-17(8-9)11-4-3-10-14-15-12(19)18(10)16-11/h3-4,9H,1-2,5-8H2,(H,15,19). The molecule has 0 amide bonds. The second kappa shape index (κ2) is 5.32. The lowest BCUT2D eigenvalue weighted by Gasteiger charge is -2.33. The van der Waals surface area contributed by atoms with Crippen molar-refractivity contribution in [3.05, 3.63) is 22.6 Å². The molecule has 3 rings (SSSR count). The van der Waals surface area contributed by atoms with E-state index in [1.165, 1.54) is 23.8 Å². The monoisotopic (exact) mass is 325 g/mol. The number of hydrogen-bond acceptors (Lipinski definition) is 4.